The molecule has 1 unspecified atom stereocenters. The molecule has 0 spiro atoms. The topological polar surface area (TPSA) is 0 Å². The van der Waals surface area contributed by atoms with Gasteiger partial charge in [-0.15, -0.1) is 0 Å². The predicted molar refractivity (Wildman–Crippen MR) is 290 cm³/mol. The maximum Gasteiger partial charge on any atom is -1.00 e. The second kappa shape index (κ2) is 19.0. The quantitative estimate of drug-likeness (QED) is 0.212. The van der Waals surface area contributed by atoms with Gasteiger partial charge in [0.05, 0.1) is 0 Å². The molecule has 1 aliphatic carbocycles. The minimum Gasteiger partial charge on any atom is -1.00 e. The fourth-order valence-electron chi connectivity index (χ4n) is 11.9. The molecule has 0 heterocycles. The van der Waals surface area contributed by atoms with Crippen molar-refractivity contribution in [2.24, 2.45) is 0 Å². The van der Waals surface area contributed by atoms with E-state index >= 15 is 0 Å². The number of benzene rings is 3. The van der Waals surface area contributed by atoms with Crippen molar-refractivity contribution in [2.45, 2.75) is 192 Å². The van der Waals surface area contributed by atoms with E-state index in [1.54, 1.807) is 68.4 Å². The van der Waals surface area contributed by atoms with E-state index in [4.69, 9.17) is 0 Å². The molecule has 0 amide bonds. The van der Waals surface area contributed by atoms with E-state index in [0.717, 1.165) is 0 Å². The van der Waals surface area contributed by atoms with Crippen LogP contribution in [0.3, 0.4) is 0 Å². The van der Waals surface area contributed by atoms with Crippen molar-refractivity contribution in [3.63, 3.8) is 0 Å². The summed E-state index contributed by atoms with van der Waals surface area (Å²) in [4.78, 5) is 0. The van der Waals surface area contributed by atoms with Crippen molar-refractivity contribution in [2.75, 3.05) is 0 Å². The van der Waals surface area contributed by atoms with Crippen molar-refractivity contribution in [1.29, 1.82) is 0 Å². The van der Waals surface area contributed by atoms with Crippen LogP contribution in [0, 0.1) is 41.5 Å². The van der Waals surface area contributed by atoms with Crippen LogP contribution in [0.5, 0.6) is 0 Å². The summed E-state index contributed by atoms with van der Waals surface area (Å²) in [5.41, 5.74) is 14.0. The molecule has 0 radical (unpaired) electrons. The zero-order valence-corrected chi connectivity index (χ0v) is 55.7. The molecule has 1 atom stereocenters. The summed E-state index contributed by atoms with van der Waals surface area (Å²) in [5.74, 6) is 0. The van der Waals surface area contributed by atoms with Crippen LogP contribution in [0.15, 0.2) is 38.8 Å². The Kier molecular flexibility index (Phi) is 18.4. The average molecular weight is 1050 g/mol. The molecule has 344 valence electrons. The van der Waals surface area contributed by atoms with Gasteiger partial charge >= 0.3 is 388 Å². The van der Waals surface area contributed by atoms with Gasteiger partial charge in [0, 0.05) is 0 Å². The number of hydrogen-bond donors (Lipinski definition) is 0. The third-order valence-electron chi connectivity index (χ3n) is 14.8. The van der Waals surface area contributed by atoms with Gasteiger partial charge in [-0.2, -0.15) is 0 Å². The third-order valence-corrected chi connectivity index (χ3v) is 36.2. The molecular formula is C51H87Cl3Si7Ti. The standard InChI is InChI=1S/C51H87Si7.3ClH.Ti/c1-33-29-42(48(55(20,21)22)45(38(33)6)52(11,12)13)58(51(10)32-36(4)37(5)41(51)9,43-30-34(2)39(7)46(53(14,15)16)49(43)56(23,24)25)44-31-35(3)40(8)47(54(17,18)19)50(44)57(26,27)28;;;;/h29-31H,1-28H3;3*1H;/q;;;;+3/p-3. The van der Waals surface area contributed by atoms with Gasteiger partial charge < -0.3 is 37.2 Å². The summed E-state index contributed by atoms with van der Waals surface area (Å²) < 4.78 is 1.64. The first-order valence-corrected chi connectivity index (χ1v) is 46.5. The zero-order chi connectivity index (χ0) is 46.1. The van der Waals surface area contributed by atoms with Crippen LogP contribution >= 0.6 is 0 Å². The fourth-order valence-corrected chi connectivity index (χ4v) is 44.2. The Bertz CT molecular complexity index is 2060. The Morgan fingerprint density at radius 2 is 0.565 bits per heavy atom. The van der Waals surface area contributed by atoms with E-state index < -0.39 is 56.5 Å². The number of aryl methyl sites for hydroxylation is 3. The van der Waals surface area contributed by atoms with Crippen LogP contribution in [0.1, 0.15) is 61.1 Å². The Hall–Kier alpha value is 0.242. The number of allylic oxidation sites excluding steroid dienone is 4. The largest absolute Gasteiger partial charge is 1.00 e. The van der Waals surface area contributed by atoms with Crippen LogP contribution in [0.4, 0.5) is 0 Å². The molecule has 0 fully saturated rings. The SMILES string of the molecule is CC1=C(C)C(C)([Si](c2cc(C)c(C)c([Si](C)(C)C)c2[Si](C)(C)C)(c2cc(C)c(C)c([Si](C)(C)C)c2[Si](C)(C)C)c2cc(C)c(C)c([Si](C)(C)C)c2[Si](C)(C)C)[C]([Ti+3])=C1C.[Cl-].[Cl-].[Cl-]. The summed E-state index contributed by atoms with van der Waals surface area (Å²) >= 11 is 2.59. The van der Waals surface area contributed by atoms with Crippen LogP contribution in [0.25, 0.3) is 0 Å². The van der Waals surface area contributed by atoms with Gasteiger partial charge in [0.2, 0.25) is 0 Å². The Morgan fingerprint density at radius 1 is 0.355 bits per heavy atom. The van der Waals surface area contributed by atoms with E-state index in [9.17, 15) is 0 Å². The molecule has 1 aliphatic rings. The smallest absolute Gasteiger partial charge is 1.00 e. The van der Waals surface area contributed by atoms with Crippen molar-refractivity contribution in [3.05, 3.63) is 72.2 Å². The number of hydrogen-bond acceptors (Lipinski definition) is 0. The summed E-state index contributed by atoms with van der Waals surface area (Å²) in [6, 6.07) is 8.63. The van der Waals surface area contributed by atoms with Gasteiger partial charge in [-0.3, -0.25) is 0 Å². The molecular weight excluding hydrogens is 963 g/mol. The Balaban J connectivity index is 0.00000641. The van der Waals surface area contributed by atoms with Crippen LogP contribution in [0.2, 0.25) is 123 Å². The van der Waals surface area contributed by atoms with Crippen molar-refractivity contribution >= 4 is 103 Å². The van der Waals surface area contributed by atoms with Gasteiger partial charge in [0.15, 0.2) is 0 Å². The molecule has 0 saturated carbocycles. The molecule has 0 bridgehead atoms. The Labute approximate surface area is 421 Å². The normalized spacial score (nSPS) is 17.0. The van der Waals surface area contributed by atoms with Crippen LogP contribution < -0.4 is 83.9 Å². The summed E-state index contributed by atoms with van der Waals surface area (Å²) in [6.45, 7) is 73.7. The number of halogens is 3. The second-order valence-corrected chi connectivity index (χ2v) is 60.4. The van der Waals surface area contributed by atoms with Crippen LogP contribution in [-0.2, 0) is 20.4 Å². The second-order valence-electron chi connectivity index (χ2n) is 25.5. The van der Waals surface area contributed by atoms with Crippen molar-refractivity contribution in [1.82, 2.24) is 0 Å². The van der Waals surface area contributed by atoms with Crippen molar-refractivity contribution < 1.29 is 57.7 Å². The minimum atomic E-state index is -3.23. The predicted octanol–water partition coefficient (Wildman–Crippen LogP) is 1.22. The van der Waals surface area contributed by atoms with E-state index in [1.165, 1.54) is 16.7 Å². The van der Waals surface area contributed by atoms with Gasteiger partial charge in [-0.25, -0.2) is 0 Å². The van der Waals surface area contributed by atoms with Crippen molar-refractivity contribution in [3.8, 4) is 0 Å². The average Bonchev–Trinajstić information content (AvgIpc) is 3.17. The van der Waals surface area contributed by atoms with E-state index in [0.29, 0.717) is 0 Å². The maximum absolute atomic E-state index is 3.23. The first-order valence-electron chi connectivity index (χ1n) is 22.7. The van der Waals surface area contributed by atoms with Gasteiger partial charge in [-0.1, -0.05) is 0 Å². The van der Waals surface area contributed by atoms with E-state index in [1.807, 2.05) is 15.6 Å². The molecule has 4 rings (SSSR count). The molecule has 0 aliphatic heterocycles. The minimum absolute atomic E-state index is 0. The summed E-state index contributed by atoms with van der Waals surface area (Å²) in [5, 5.41) is 16.1. The summed E-state index contributed by atoms with van der Waals surface area (Å²) in [7, 11) is -14.9. The molecule has 0 nitrogen and oxygen atoms in total. The van der Waals surface area contributed by atoms with E-state index in [2.05, 4.69) is 226 Å². The van der Waals surface area contributed by atoms with Crippen LogP contribution in [-0.4, -0.2) is 56.5 Å². The Morgan fingerprint density at radius 3 is 0.726 bits per heavy atom. The zero-order valence-electron chi connectivity index (χ0n) is 44.9. The molecule has 0 aromatic heterocycles. The van der Waals surface area contributed by atoms with Gasteiger partial charge in [-0.05, 0) is 0 Å². The summed E-state index contributed by atoms with van der Waals surface area (Å²) in [6.07, 6.45) is 0. The maximum atomic E-state index is 2.88. The third kappa shape index (κ3) is 9.75. The molecule has 0 saturated heterocycles. The molecule has 11 heteroatoms. The first kappa shape index (κ1) is 60.3. The number of rotatable bonds is 10. The molecule has 62 heavy (non-hydrogen) atoms. The van der Waals surface area contributed by atoms with E-state index in [-0.39, 0.29) is 42.3 Å². The van der Waals surface area contributed by atoms with Gasteiger partial charge in [0.1, 0.15) is 0 Å². The molecule has 3 aromatic rings. The first-order chi connectivity index (χ1) is 26.1. The molecule has 0 N–H and O–H groups in total. The van der Waals surface area contributed by atoms with Gasteiger partial charge in [0.25, 0.3) is 0 Å². The molecule has 3 aromatic carbocycles. The fraction of sp³-hybridized carbons (Fsp3) is 0.569. The monoisotopic (exact) mass is 1050 g/mol.